The zero-order valence-corrected chi connectivity index (χ0v) is 59.2. The predicted octanol–water partition coefficient (Wildman–Crippen LogP) is 3.22. The van der Waals surface area contributed by atoms with Crippen LogP contribution in [0.5, 0.6) is 0 Å². The van der Waals surface area contributed by atoms with Gasteiger partial charge in [-0.25, -0.2) is 13.8 Å². The molecule has 4 unspecified atom stereocenters. The van der Waals surface area contributed by atoms with Gasteiger partial charge in [-0.3, -0.25) is 57.5 Å². The number of halogens is 2. The minimum atomic E-state index is -1.85. The number of nitrogens with one attached hydrogen (secondary N) is 10. The van der Waals surface area contributed by atoms with Gasteiger partial charge in [-0.15, -0.1) is 0 Å². The van der Waals surface area contributed by atoms with E-state index >= 15 is 23.6 Å². The number of amides is 11. The molecule has 12 atom stereocenters. The van der Waals surface area contributed by atoms with Gasteiger partial charge in [0, 0.05) is 103 Å². The Hall–Kier alpha value is -9.23. The Morgan fingerprint density at radius 1 is 0.709 bits per heavy atom. The van der Waals surface area contributed by atoms with Crippen LogP contribution in [0.25, 0.3) is 10.9 Å². The number of imidazole rings is 1. The van der Waals surface area contributed by atoms with Crippen molar-refractivity contribution in [2.75, 3.05) is 36.5 Å². The number of unbranched alkanes of at least 4 members (excludes halogenated alkanes) is 1. The number of alkyl halides is 1. The molecule has 16 N–H and O–H groups in total. The maximum atomic E-state index is 15.3. The van der Waals surface area contributed by atoms with Crippen LogP contribution >= 0.6 is 23.5 Å². The third-order valence-corrected chi connectivity index (χ3v) is 21.8. The maximum Gasteiger partial charge on any atom is 0.246 e. The lowest BCUT2D eigenvalue weighted by Crippen LogP contribution is -2.61. The maximum absolute atomic E-state index is 15.3. The van der Waals surface area contributed by atoms with Gasteiger partial charge in [0.1, 0.15) is 48.2 Å². The van der Waals surface area contributed by atoms with Crippen LogP contribution in [0.2, 0.25) is 0 Å². The van der Waals surface area contributed by atoms with Crippen LogP contribution in [0.3, 0.4) is 0 Å². The molecule has 3 fully saturated rings. The molecule has 0 spiro atoms. The topological polar surface area (TPSA) is 427 Å². The number of carbonyl (C=O) groups is 12. The van der Waals surface area contributed by atoms with Crippen molar-refractivity contribution >= 4 is 111 Å². The van der Waals surface area contributed by atoms with E-state index in [0.29, 0.717) is 102 Å². The summed E-state index contributed by atoms with van der Waals surface area (Å²) in [6.45, 7) is 1.05. The Morgan fingerprint density at radius 2 is 1.40 bits per heavy atom. The average Bonchev–Trinajstić information content (AvgIpc) is 1.70. The van der Waals surface area contributed by atoms with Gasteiger partial charge in [-0.05, 0) is 148 Å². The molecular weight excluding hydrogens is 1370 g/mol. The predicted molar refractivity (Wildman–Crippen MR) is 384 cm³/mol. The van der Waals surface area contributed by atoms with E-state index < -0.39 is 138 Å². The van der Waals surface area contributed by atoms with Crippen molar-refractivity contribution in [3.8, 4) is 0 Å². The first-order valence-electron chi connectivity index (χ1n) is 35.1. The normalized spacial score (nSPS) is 26.1. The molecule has 0 radical (unpaired) electrons. The number of aromatic amines is 2. The van der Waals surface area contributed by atoms with Gasteiger partial charge in [0.05, 0.1) is 31.3 Å². The monoisotopic (exact) mass is 1460 g/mol. The number of rotatable bonds is 16. The molecule has 1 saturated heterocycles. The van der Waals surface area contributed by atoms with Gasteiger partial charge < -0.3 is 74.6 Å². The van der Waals surface area contributed by atoms with E-state index in [9.17, 15) is 42.7 Å². The number of aromatic nitrogens is 3. The number of benzene rings is 3. The Morgan fingerprint density at radius 3 is 2.12 bits per heavy atom. The number of nitrogens with zero attached hydrogens (tertiary/aromatic N) is 2. The first-order valence-corrected chi connectivity index (χ1v) is 37.4. The number of H-pyrrole nitrogens is 2. The van der Waals surface area contributed by atoms with Crippen LogP contribution in [0.4, 0.5) is 14.5 Å². The second-order valence-electron chi connectivity index (χ2n) is 27.2. The Balaban J connectivity index is 1.05. The van der Waals surface area contributed by atoms with Crippen LogP contribution in [-0.4, -0.2) is 170 Å². The van der Waals surface area contributed by atoms with Gasteiger partial charge in [0.2, 0.25) is 65.0 Å². The summed E-state index contributed by atoms with van der Waals surface area (Å²) in [4.78, 5) is 181. The van der Waals surface area contributed by atoms with Crippen LogP contribution in [0.1, 0.15) is 125 Å². The highest BCUT2D eigenvalue weighted by molar-refractivity contribution is 7.98. The summed E-state index contributed by atoms with van der Waals surface area (Å²) in [5, 5.41) is 22.0. The SMILES string of the molecule is CC(=O)Nc1ccc(C[C@@H]2NC(=O)[C@H](Cc3cnc[nH]3)NC(=O)[C@H](CC(N)=O)NC(=O)[C@H](CC3CCC4CCC(F)CC43)NC(=O)[C@H](Cc3c[nH]c4ccc(F)cc34)NC(=O)CNC(=O)[C@H](CCCCN)NC(=O)CCSCc3cccc(c3)CSC[C@@H](C(N)=O)CC(=O)[C@@H]3CCCN3C2=O)cc1. The van der Waals surface area contributed by atoms with E-state index in [2.05, 4.69) is 57.5 Å². The number of primary amides is 2. The molecule has 554 valence electrons. The van der Waals surface area contributed by atoms with Gasteiger partial charge in [-0.2, -0.15) is 23.5 Å². The highest BCUT2D eigenvalue weighted by Gasteiger charge is 2.44. The zero-order chi connectivity index (χ0) is 73.7. The summed E-state index contributed by atoms with van der Waals surface area (Å²) < 4.78 is 30.2. The Kier molecular flexibility index (Phi) is 28.6. The van der Waals surface area contributed by atoms with E-state index in [-0.39, 0.29) is 93.7 Å². The minimum absolute atomic E-state index is 0.0348. The number of ketones is 1. The van der Waals surface area contributed by atoms with Gasteiger partial charge >= 0.3 is 0 Å². The molecule has 31 heteroatoms. The Labute approximate surface area is 603 Å². The molecule has 4 aliphatic rings. The van der Waals surface area contributed by atoms with E-state index in [0.717, 1.165) is 11.1 Å². The second-order valence-corrected chi connectivity index (χ2v) is 29.4. The molecule has 4 heterocycles. The second kappa shape index (κ2) is 37.8. The fourth-order valence-corrected chi connectivity index (χ4v) is 16.3. The number of nitrogens with two attached hydrogens (primary N) is 3. The van der Waals surface area contributed by atoms with E-state index in [4.69, 9.17) is 17.2 Å². The lowest BCUT2D eigenvalue weighted by molar-refractivity contribution is -0.142. The average molecular weight is 1460 g/mol. The van der Waals surface area contributed by atoms with E-state index in [1.807, 2.05) is 24.3 Å². The molecule has 27 nitrogen and oxygen atoms in total. The van der Waals surface area contributed by atoms with Gasteiger partial charge in [-0.1, -0.05) is 36.4 Å². The van der Waals surface area contributed by atoms with E-state index in [1.165, 1.54) is 72.3 Å². The third-order valence-electron chi connectivity index (χ3n) is 19.6. The molecule has 11 amide bonds. The molecule has 2 saturated carbocycles. The van der Waals surface area contributed by atoms with Crippen LogP contribution in [-0.2, 0) is 88.3 Å². The standard InChI is InChI=1S/C72H93F2N15O12S2/c1-40(90)82-50-17-10-41(11-18-50)25-60-72(101)89-22-5-9-61(89)62(91)28-47(66(77)95)38-103-37-43-7-4-6-42(24-43)36-102-23-20-64(93)83-55(8-2-3-21-75)67(96)80-35-65(94)84-56(27-46-33-79-54-19-16-49(74)30-53(46)54)68(97)85-57(26-45-13-12-44-14-15-48(73)29-52(44)45)69(98)87-59(32-63(76)92)71(100)86-58(70(99)88-60)31-51-34-78-39-81-51/h4,6-7,10-11,16-19,24,30,33-34,39,44-45,47-48,52,55-61,79H,2-3,5,8-9,12-15,20-23,25-29,31-32,35-38,75H2,1H3,(H2,76,92)(H2,77,95)(H,78,81)(H,80,96)(H,82,90)(H,83,93)(H,84,94)(H,85,97)(H,86,100)(H,87,98)(H,88,99)/t44?,45?,47-,48?,52?,55-,56-,57-,58-,59-,60-,61-/m0/s1. The largest absolute Gasteiger partial charge is 0.370 e. The summed E-state index contributed by atoms with van der Waals surface area (Å²) in [7, 11) is 0. The quantitative estimate of drug-likeness (QED) is 0.0631. The van der Waals surface area contributed by atoms with Crippen molar-refractivity contribution in [2.24, 2.45) is 40.9 Å². The van der Waals surface area contributed by atoms with Crippen molar-refractivity contribution in [1.82, 2.24) is 57.1 Å². The first-order chi connectivity index (χ1) is 49.5. The molecule has 2 aromatic heterocycles. The summed E-state index contributed by atoms with van der Waals surface area (Å²) in [5.41, 5.74) is 21.6. The molecule has 5 aromatic rings. The molecule has 2 aliphatic carbocycles. The van der Waals surface area contributed by atoms with Crippen molar-refractivity contribution in [2.45, 2.75) is 176 Å². The number of fused-ring (bicyclic) bond motifs is 5. The summed E-state index contributed by atoms with van der Waals surface area (Å²) >= 11 is 2.89. The van der Waals surface area contributed by atoms with Gasteiger partial charge in [0.25, 0.3) is 0 Å². The zero-order valence-electron chi connectivity index (χ0n) is 57.6. The van der Waals surface area contributed by atoms with Crippen LogP contribution < -0.4 is 59.7 Å². The summed E-state index contributed by atoms with van der Waals surface area (Å²) in [5.74, 6) is -9.65. The fourth-order valence-electron chi connectivity index (χ4n) is 14.3. The summed E-state index contributed by atoms with van der Waals surface area (Å²) in [6, 6.07) is 8.07. The van der Waals surface area contributed by atoms with Crippen LogP contribution in [0.15, 0.2) is 85.5 Å². The fraction of sp³-hybridized carbons (Fsp3) is 0.514. The highest BCUT2D eigenvalue weighted by atomic mass is 32.2. The van der Waals surface area contributed by atoms with Crippen molar-refractivity contribution in [3.05, 3.63) is 119 Å². The van der Waals surface area contributed by atoms with Crippen LogP contribution in [0, 0.1) is 29.5 Å². The molecule has 2 bridgehead atoms. The molecule has 3 aromatic carbocycles. The lowest BCUT2D eigenvalue weighted by atomic mass is 9.75. The molecular formula is C72H93F2N15O12S2. The number of hydrogen-bond acceptors (Lipinski definition) is 16. The molecule has 9 rings (SSSR count). The van der Waals surface area contributed by atoms with Crippen molar-refractivity contribution < 1.29 is 66.3 Å². The lowest BCUT2D eigenvalue weighted by Gasteiger charge is -2.33. The smallest absolute Gasteiger partial charge is 0.246 e. The van der Waals surface area contributed by atoms with E-state index in [1.54, 1.807) is 24.3 Å². The number of hydrogen-bond donors (Lipinski definition) is 13. The molecule has 2 aliphatic heterocycles. The number of carbonyl (C=O) groups excluding carboxylic acids is 12. The first kappa shape index (κ1) is 77.9. The van der Waals surface area contributed by atoms with Crippen molar-refractivity contribution in [3.63, 3.8) is 0 Å². The number of anilines is 1. The Bertz CT molecular complexity index is 3850. The van der Waals surface area contributed by atoms with Gasteiger partial charge in [0.15, 0.2) is 5.78 Å². The summed E-state index contributed by atoms with van der Waals surface area (Å²) in [6.07, 6.45) is 5.28. The highest BCUT2D eigenvalue weighted by Crippen LogP contribution is 2.48. The number of thioether (sulfide) groups is 2. The number of Topliss-reactive ketones (excluding diaryl/α,β-unsaturated/α-hetero) is 1. The van der Waals surface area contributed by atoms with Crippen molar-refractivity contribution in [1.29, 1.82) is 0 Å². The minimum Gasteiger partial charge on any atom is -0.370 e. The molecule has 103 heavy (non-hydrogen) atoms. The third kappa shape index (κ3) is 22.9.